The van der Waals surface area contributed by atoms with Gasteiger partial charge < -0.3 is 15.5 Å². The third-order valence-corrected chi connectivity index (χ3v) is 6.65. The molecule has 2 heterocycles. The van der Waals surface area contributed by atoms with Crippen LogP contribution in [0.5, 0.6) is 0 Å². The first-order valence-electron chi connectivity index (χ1n) is 12.0. The highest BCUT2D eigenvalue weighted by Gasteiger charge is 2.31. The lowest BCUT2D eigenvalue weighted by atomic mass is 10.1. The summed E-state index contributed by atoms with van der Waals surface area (Å²) in [6.45, 7) is 9.30. The van der Waals surface area contributed by atoms with E-state index in [4.69, 9.17) is 0 Å². The van der Waals surface area contributed by atoms with Crippen molar-refractivity contribution in [1.82, 2.24) is 20.5 Å². The molecule has 0 radical (unpaired) electrons. The third-order valence-electron chi connectivity index (χ3n) is 6.65. The van der Waals surface area contributed by atoms with Crippen LogP contribution in [0.1, 0.15) is 43.1 Å². The van der Waals surface area contributed by atoms with Crippen LogP contribution in [0.4, 0.5) is 14.5 Å². The van der Waals surface area contributed by atoms with Crippen LogP contribution in [0.3, 0.4) is 0 Å². The van der Waals surface area contributed by atoms with Gasteiger partial charge in [-0.15, -0.1) is 0 Å². The summed E-state index contributed by atoms with van der Waals surface area (Å²) in [6, 6.07) is 3.93. The van der Waals surface area contributed by atoms with E-state index in [1.807, 2.05) is 13.0 Å². The number of hydrogen-bond donors (Lipinski definition) is 2. The molecule has 0 unspecified atom stereocenters. The van der Waals surface area contributed by atoms with E-state index in [1.54, 1.807) is 24.4 Å². The van der Waals surface area contributed by atoms with Crippen LogP contribution in [0.2, 0.25) is 0 Å². The summed E-state index contributed by atoms with van der Waals surface area (Å²) in [5.74, 6) is -0.0846. The Hall–Kier alpha value is -2.81. The molecule has 1 aromatic heterocycles. The molecule has 2 fully saturated rings. The van der Waals surface area contributed by atoms with Crippen molar-refractivity contribution in [2.75, 3.05) is 44.2 Å². The van der Waals surface area contributed by atoms with Crippen LogP contribution in [0.25, 0.3) is 0 Å². The van der Waals surface area contributed by atoms with E-state index in [0.29, 0.717) is 24.9 Å². The largest absolute Gasteiger partial charge is 0.368 e. The average molecular weight is 476 g/mol. The molecule has 2 N–H and O–H groups in total. The number of halogens is 2. The highest BCUT2D eigenvalue weighted by molar-refractivity contribution is 5.93. The number of alkyl halides is 2. The monoisotopic (exact) mass is 475 g/mol. The Bertz CT molecular complexity index is 867. The second-order valence-corrected chi connectivity index (χ2v) is 8.85. The topological polar surface area (TPSA) is 77.6 Å². The van der Waals surface area contributed by atoms with Gasteiger partial charge in [-0.05, 0) is 43.7 Å². The number of rotatable bonds is 10. The van der Waals surface area contributed by atoms with Gasteiger partial charge in [0.2, 0.25) is 5.91 Å². The number of piperazine rings is 1. The zero-order valence-electron chi connectivity index (χ0n) is 19.8. The number of aromatic nitrogens is 1. The van der Waals surface area contributed by atoms with Gasteiger partial charge in [0.05, 0.1) is 18.4 Å². The van der Waals surface area contributed by atoms with Crippen LogP contribution >= 0.6 is 0 Å². The Kier molecular flexibility index (Phi) is 9.56. The summed E-state index contributed by atoms with van der Waals surface area (Å²) in [4.78, 5) is 33.1. The molecule has 34 heavy (non-hydrogen) atoms. The second-order valence-electron chi connectivity index (χ2n) is 8.85. The number of allylic oxidation sites excluding steroid dienone is 2. The Morgan fingerprint density at radius 2 is 1.97 bits per heavy atom. The van der Waals surface area contributed by atoms with Gasteiger partial charge in [0.1, 0.15) is 5.69 Å². The smallest absolute Gasteiger partial charge is 0.270 e. The van der Waals surface area contributed by atoms with Crippen molar-refractivity contribution in [3.63, 3.8) is 0 Å². The van der Waals surface area contributed by atoms with Crippen molar-refractivity contribution < 1.29 is 18.4 Å². The van der Waals surface area contributed by atoms with Crippen LogP contribution in [0.15, 0.2) is 42.6 Å². The van der Waals surface area contributed by atoms with E-state index in [-0.39, 0.29) is 11.6 Å². The molecule has 3 rings (SSSR count). The van der Waals surface area contributed by atoms with E-state index >= 15 is 0 Å². The van der Waals surface area contributed by atoms with Gasteiger partial charge in [0.25, 0.3) is 12.3 Å². The predicted molar refractivity (Wildman–Crippen MR) is 129 cm³/mol. The number of nitrogens with zero attached hydrogens (tertiary/aromatic N) is 3. The van der Waals surface area contributed by atoms with Crippen molar-refractivity contribution in [3.05, 3.63) is 48.3 Å². The normalized spacial score (nSPS) is 21.5. The molecule has 2 amide bonds. The molecule has 7 nitrogen and oxygen atoms in total. The van der Waals surface area contributed by atoms with E-state index < -0.39 is 18.9 Å². The molecule has 1 aliphatic heterocycles. The van der Waals surface area contributed by atoms with Gasteiger partial charge in [-0.1, -0.05) is 25.7 Å². The Labute approximate surface area is 200 Å². The number of carbonyl (C=O) groups is 2. The molecule has 1 saturated heterocycles. The molecule has 1 aliphatic carbocycles. The summed E-state index contributed by atoms with van der Waals surface area (Å²) < 4.78 is 24.5. The maximum absolute atomic E-state index is 12.3. The molecule has 9 heteroatoms. The fourth-order valence-corrected chi connectivity index (χ4v) is 4.73. The van der Waals surface area contributed by atoms with Crippen molar-refractivity contribution in [2.45, 2.75) is 45.1 Å². The molecular formula is C25H35F2N5O2. The first-order chi connectivity index (χ1) is 16.4. The molecule has 2 aliphatic rings. The Morgan fingerprint density at radius 3 is 2.59 bits per heavy atom. The molecular weight excluding hydrogens is 440 g/mol. The minimum Gasteiger partial charge on any atom is -0.368 e. The van der Waals surface area contributed by atoms with Gasteiger partial charge in [0, 0.05) is 44.3 Å². The van der Waals surface area contributed by atoms with Gasteiger partial charge in [-0.2, -0.15) is 0 Å². The Morgan fingerprint density at radius 1 is 1.21 bits per heavy atom. The maximum Gasteiger partial charge on any atom is 0.270 e. The van der Waals surface area contributed by atoms with Crippen molar-refractivity contribution in [3.8, 4) is 0 Å². The van der Waals surface area contributed by atoms with Crippen LogP contribution in [-0.2, 0) is 4.79 Å². The fourth-order valence-electron chi connectivity index (χ4n) is 4.73. The SMILES string of the molecule is C=C/C=C(/CC)C(=O)NC[C@@H]1CC[C@H](N2CCN(c3ccc(C(=O)NCC(F)F)nc3)CC2)C1. The summed E-state index contributed by atoms with van der Waals surface area (Å²) in [6.07, 6.45) is 6.54. The molecule has 2 atom stereocenters. The zero-order valence-corrected chi connectivity index (χ0v) is 19.8. The number of amides is 2. The second kappa shape index (κ2) is 12.6. The summed E-state index contributed by atoms with van der Waals surface area (Å²) in [5, 5.41) is 5.25. The summed E-state index contributed by atoms with van der Waals surface area (Å²) in [7, 11) is 0. The van der Waals surface area contributed by atoms with Crippen molar-refractivity contribution in [2.24, 2.45) is 5.92 Å². The molecule has 1 aromatic rings. The van der Waals surface area contributed by atoms with E-state index in [2.05, 4.69) is 32.0 Å². The first-order valence-corrected chi connectivity index (χ1v) is 12.0. The maximum atomic E-state index is 12.3. The number of nitrogens with one attached hydrogen (secondary N) is 2. The van der Waals surface area contributed by atoms with Gasteiger partial charge in [0.15, 0.2) is 0 Å². The standard InChI is InChI=1S/C25H35F2N5O2/c1-3-5-19(4-2)24(33)29-15-18-6-7-20(14-18)31-10-12-32(13-11-31)21-8-9-22(28-16-21)25(34)30-17-23(26)27/h3,5,8-9,16,18,20,23H,1,4,6-7,10-15,17H2,2H3,(H,29,33)(H,30,34)/b19-5-/t18-,20+/m1/s1. The number of carbonyl (C=O) groups excluding carboxylic acids is 2. The van der Waals surface area contributed by atoms with Crippen LogP contribution in [0, 0.1) is 5.92 Å². The van der Waals surface area contributed by atoms with E-state index in [0.717, 1.165) is 56.7 Å². The molecule has 0 aromatic carbocycles. The van der Waals surface area contributed by atoms with Crippen molar-refractivity contribution >= 4 is 17.5 Å². The summed E-state index contributed by atoms with van der Waals surface area (Å²) >= 11 is 0. The highest BCUT2D eigenvalue weighted by atomic mass is 19.3. The van der Waals surface area contributed by atoms with Gasteiger partial charge >= 0.3 is 0 Å². The van der Waals surface area contributed by atoms with Gasteiger partial charge in [-0.25, -0.2) is 13.8 Å². The molecule has 0 bridgehead atoms. The number of pyridine rings is 1. The quantitative estimate of drug-likeness (QED) is 0.402. The minimum atomic E-state index is -2.58. The zero-order chi connectivity index (χ0) is 24.5. The van der Waals surface area contributed by atoms with Crippen LogP contribution in [-0.4, -0.2) is 73.4 Å². The highest BCUT2D eigenvalue weighted by Crippen LogP contribution is 2.30. The lowest BCUT2D eigenvalue weighted by Gasteiger charge is -2.39. The lowest BCUT2D eigenvalue weighted by molar-refractivity contribution is -0.117. The van der Waals surface area contributed by atoms with E-state index in [9.17, 15) is 18.4 Å². The van der Waals surface area contributed by atoms with Crippen molar-refractivity contribution in [1.29, 1.82) is 0 Å². The van der Waals surface area contributed by atoms with E-state index in [1.165, 1.54) is 0 Å². The number of anilines is 1. The molecule has 1 saturated carbocycles. The summed E-state index contributed by atoms with van der Waals surface area (Å²) in [5.41, 5.74) is 1.83. The van der Waals surface area contributed by atoms with Crippen LogP contribution < -0.4 is 15.5 Å². The molecule has 186 valence electrons. The third kappa shape index (κ3) is 7.09. The average Bonchev–Trinajstić information content (AvgIpc) is 3.33. The minimum absolute atomic E-state index is 0.00518. The van der Waals surface area contributed by atoms with Gasteiger partial charge in [-0.3, -0.25) is 14.5 Å². The lowest BCUT2D eigenvalue weighted by Crippen LogP contribution is -2.50. The predicted octanol–water partition coefficient (Wildman–Crippen LogP) is 3.01. The Balaban J connectivity index is 1.42. The first kappa shape index (κ1) is 25.8. The molecule has 0 spiro atoms. The number of hydrogen-bond acceptors (Lipinski definition) is 5. The fraction of sp³-hybridized carbons (Fsp3) is 0.560.